The number of hydrogen-bond donors (Lipinski definition) is 1. The van der Waals surface area contributed by atoms with Crippen LogP contribution in [0.5, 0.6) is 5.75 Å². The molecule has 1 aliphatic rings. The van der Waals surface area contributed by atoms with E-state index >= 15 is 0 Å². The number of carbonyl (C=O) groups is 1. The van der Waals surface area contributed by atoms with Gasteiger partial charge in [0.2, 0.25) is 5.91 Å². The molecule has 1 aromatic carbocycles. The van der Waals surface area contributed by atoms with E-state index in [-0.39, 0.29) is 5.91 Å². The van der Waals surface area contributed by atoms with Gasteiger partial charge in [0.1, 0.15) is 5.75 Å². The molecule has 0 saturated carbocycles. The SMILES string of the molecule is CCOc1ccc(CC(=O)NCCC2CCCO2)cc1. The zero-order valence-corrected chi connectivity index (χ0v) is 12.1. The molecule has 1 saturated heterocycles. The van der Waals surface area contributed by atoms with Crippen LogP contribution in [0.25, 0.3) is 0 Å². The van der Waals surface area contributed by atoms with Gasteiger partial charge >= 0.3 is 0 Å². The van der Waals surface area contributed by atoms with Gasteiger partial charge in [-0.2, -0.15) is 0 Å². The predicted molar refractivity (Wildman–Crippen MR) is 77.9 cm³/mol. The van der Waals surface area contributed by atoms with Crippen LogP contribution in [0.3, 0.4) is 0 Å². The van der Waals surface area contributed by atoms with Crippen molar-refractivity contribution in [3.8, 4) is 5.75 Å². The zero-order valence-electron chi connectivity index (χ0n) is 12.1. The second-order valence-corrected chi connectivity index (χ2v) is 5.03. The van der Waals surface area contributed by atoms with Gasteiger partial charge in [-0.15, -0.1) is 0 Å². The molecule has 1 fully saturated rings. The Bertz CT molecular complexity index is 410. The number of nitrogens with one attached hydrogen (secondary N) is 1. The van der Waals surface area contributed by atoms with Crippen molar-refractivity contribution in [2.75, 3.05) is 19.8 Å². The average Bonchev–Trinajstić information content (AvgIpc) is 2.94. The van der Waals surface area contributed by atoms with Crippen molar-refractivity contribution in [1.82, 2.24) is 5.32 Å². The van der Waals surface area contributed by atoms with Gasteiger partial charge in [0.15, 0.2) is 0 Å². The highest BCUT2D eigenvalue weighted by Gasteiger charge is 2.15. The number of hydrogen-bond acceptors (Lipinski definition) is 3. The molecule has 0 radical (unpaired) electrons. The summed E-state index contributed by atoms with van der Waals surface area (Å²) < 4.78 is 10.9. The summed E-state index contributed by atoms with van der Waals surface area (Å²) in [5, 5.41) is 2.95. The molecule has 0 bridgehead atoms. The molecule has 1 heterocycles. The maximum absolute atomic E-state index is 11.8. The van der Waals surface area contributed by atoms with Gasteiger partial charge in [-0.25, -0.2) is 0 Å². The summed E-state index contributed by atoms with van der Waals surface area (Å²) >= 11 is 0. The van der Waals surface area contributed by atoms with E-state index in [2.05, 4.69) is 5.32 Å². The predicted octanol–water partition coefficient (Wildman–Crippen LogP) is 2.31. The molecule has 1 atom stereocenters. The van der Waals surface area contributed by atoms with Crippen molar-refractivity contribution in [3.05, 3.63) is 29.8 Å². The quantitative estimate of drug-likeness (QED) is 0.832. The molecule has 4 nitrogen and oxygen atoms in total. The monoisotopic (exact) mass is 277 g/mol. The van der Waals surface area contributed by atoms with Crippen molar-refractivity contribution in [1.29, 1.82) is 0 Å². The third-order valence-electron chi connectivity index (χ3n) is 3.41. The molecule has 1 N–H and O–H groups in total. The van der Waals surface area contributed by atoms with Gasteiger partial charge in [0.05, 0.1) is 19.1 Å². The third kappa shape index (κ3) is 4.85. The lowest BCUT2D eigenvalue weighted by atomic mass is 10.1. The molecule has 0 aliphatic carbocycles. The molecule has 0 spiro atoms. The average molecular weight is 277 g/mol. The molecule has 20 heavy (non-hydrogen) atoms. The lowest BCUT2D eigenvalue weighted by Gasteiger charge is -2.10. The van der Waals surface area contributed by atoms with Crippen LogP contribution in [0.1, 0.15) is 31.7 Å². The van der Waals surface area contributed by atoms with Gasteiger partial charge in [-0.3, -0.25) is 4.79 Å². The lowest BCUT2D eigenvalue weighted by molar-refractivity contribution is -0.120. The van der Waals surface area contributed by atoms with Crippen LogP contribution in [-0.4, -0.2) is 31.8 Å². The highest BCUT2D eigenvalue weighted by Crippen LogP contribution is 2.14. The van der Waals surface area contributed by atoms with E-state index in [9.17, 15) is 4.79 Å². The molecule has 110 valence electrons. The van der Waals surface area contributed by atoms with Crippen molar-refractivity contribution in [3.63, 3.8) is 0 Å². The van der Waals surface area contributed by atoms with Gasteiger partial charge in [0.25, 0.3) is 0 Å². The molecule has 1 aliphatic heterocycles. The normalized spacial score (nSPS) is 17.9. The molecule has 0 aromatic heterocycles. The van der Waals surface area contributed by atoms with E-state index in [1.165, 1.54) is 0 Å². The van der Waals surface area contributed by atoms with E-state index in [0.717, 1.165) is 37.2 Å². The van der Waals surface area contributed by atoms with Crippen LogP contribution in [0.15, 0.2) is 24.3 Å². The first-order valence-corrected chi connectivity index (χ1v) is 7.38. The van der Waals surface area contributed by atoms with E-state index < -0.39 is 0 Å². The van der Waals surface area contributed by atoms with Gasteiger partial charge in [-0.05, 0) is 43.9 Å². The molecule has 1 aromatic rings. The van der Waals surface area contributed by atoms with Crippen LogP contribution < -0.4 is 10.1 Å². The Morgan fingerprint density at radius 3 is 2.85 bits per heavy atom. The second-order valence-electron chi connectivity index (χ2n) is 5.03. The second kappa shape index (κ2) is 7.90. The number of ether oxygens (including phenoxy) is 2. The summed E-state index contributed by atoms with van der Waals surface area (Å²) in [6.07, 6.45) is 3.92. The number of amides is 1. The Balaban J connectivity index is 1.67. The largest absolute Gasteiger partial charge is 0.494 e. The molecule has 1 amide bonds. The van der Waals surface area contributed by atoms with Crippen LogP contribution in [0.4, 0.5) is 0 Å². The first-order chi connectivity index (χ1) is 9.78. The summed E-state index contributed by atoms with van der Waals surface area (Å²) in [4.78, 5) is 11.8. The smallest absolute Gasteiger partial charge is 0.224 e. The van der Waals surface area contributed by atoms with E-state index in [0.29, 0.717) is 25.7 Å². The molecule has 4 heteroatoms. The zero-order chi connectivity index (χ0) is 14.2. The fraction of sp³-hybridized carbons (Fsp3) is 0.562. The Kier molecular flexibility index (Phi) is 5.87. The summed E-state index contributed by atoms with van der Waals surface area (Å²) in [6.45, 7) is 4.17. The molecule has 2 rings (SSSR count). The Morgan fingerprint density at radius 1 is 1.40 bits per heavy atom. The summed E-state index contributed by atoms with van der Waals surface area (Å²) in [5.74, 6) is 0.905. The van der Waals surface area contributed by atoms with Crippen LogP contribution >= 0.6 is 0 Å². The summed E-state index contributed by atoms with van der Waals surface area (Å²) in [7, 11) is 0. The minimum Gasteiger partial charge on any atom is -0.494 e. The lowest BCUT2D eigenvalue weighted by Crippen LogP contribution is -2.28. The molecule has 1 unspecified atom stereocenters. The minimum absolute atomic E-state index is 0.0622. The summed E-state index contributed by atoms with van der Waals surface area (Å²) in [6, 6.07) is 7.67. The maximum Gasteiger partial charge on any atom is 0.224 e. The fourth-order valence-corrected chi connectivity index (χ4v) is 2.36. The number of benzene rings is 1. The van der Waals surface area contributed by atoms with E-state index in [1.54, 1.807) is 0 Å². The van der Waals surface area contributed by atoms with Crippen molar-refractivity contribution in [2.45, 2.75) is 38.7 Å². The number of carbonyl (C=O) groups excluding carboxylic acids is 1. The van der Waals surface area contributed by atoms with E-state index in [1.807, 2.05) is 31.2 Å². The van der Waals surface area contributed by atoms with Crippen molar-refractivity contribution >= 4 is 5.91 Å². The molecular weight excluding hydrogens is 254 g/mol. The van der Waals surface area contributed by atoms with Gasteiger partial charge < -0.3 is 14.8 Å². The minimum atomic E-state index is 0.0622. The maximum atomic E-state index is 11.8. The Labute approximate surface area is 120 Å². The third-order valence-corrected chi connectivity index (χ3v) is 3.41. The van der Waals surface area contributed by atoms with Crippen LogP contribution in [0, 0.1) is 0 Å². The van der Waals surface area contributed by atoms with Crippen LogP contribution in [-0.2, 0) is 16.0 Å². The first kappa shape index (κ1) is 14.9. The fourth-order valence-electron chi connectivity index (χ4n) is 2.36. The van der Waals surface area contributed by atoms with Crippen LogP contribution in [0.2, 0.25) is 0 Å². The van der Waals surface area contributed by atoms with E-state index in [4.69, 9.17) is 9.47 Å². The van der Waals surface area contributed by atoms with Crippen molar-refractivity contribution < 1.29 is 14.3 Å². The highest BCUT2D eigenvalue weighted by molar-refractivity contribution is 5.78. The topological polar surface area (TPSA) is 47.6 Å². The standard InChI is InChI=1S/C16H23NO3/c1-2-19-15-7-5-13(6-8-15)12-16(18)17-10-9-14-4-3-11-20-14/h5-8,14H,2-4,9-12H2,1H3,(H,17,18). The number of rotatable bonds is 7. The van der Waals surface area contributed by atoms with Gasteiger partial charge in [-0.1, -0.05) is 12.1 Å². The van der Waals surface area contributed by atoms with Gasteiger partial charge in [0, 0.05) is 13.2 Å². The highest BCUT2D eigenvalue weighted by atomic mass is 16.5. The Hall–Kier alpha value is -1.55. The van der Waals surface area contributed by atoms with Crippen molar-refractivity contribution in [2.24, 2.45) is 0 Å². The Morgan fingerprint density at radius 2 is 2.20 bits per heavy atom. The molecular formula is C16H23NO3. The first-order valence-electron chi connectivity index (χ1n) is 7.38. The summed E-state index contributed by atoms with van der Waals surface area (Å²) in [5.41, 5.74) is 1.00.